The number of aryl methyl sites for hydroxylation is 2. The highest BCUT2D eigenvalue weighted by Gasteiger charge is 2.07. The first-order valence-corrected chi connectivity index (χ1v) is 6.32. The third-order valence-corrected chi connectivity index (χ3v) is 2.66. The molecule has 0 aliphatic carbocycles. The third kappa shape index (κ3) is 3.43. The van der Waals surface area contributed by atoms with Crippen molar-refractivity contribution < 1.29 is 4.42 Å². The highest BCUT2D eigenvalue weighted by Crippen LogP contribution is 2.19. The van der Waals surface area contributed by atoms with Crippen LogP contribution in [0.2, 0.25) is 0 Å². The number of nitrogens with one attached hydrogen (secondary N) is 1. The van der Waals surface area contributed by atoms with E-state index < -0.39 is 0 Å². The van der Waals surface area contributed by atoms with E-state index in [1.165, 1.54) is 0 Å². The molecule has 0 saturated heterocycles. The molecular weight excluding hydrogens is 228 g/mol. The van der Waals surface area contributed by atoms with Gasteiger partial charge in [0, 0.05) is 25.7 Å². The van der Waals surface area contributed by atoms with Gasteiger partial charge in [-0.25, -0.2) is 4.98 Å². The molecule has 0 unspecified atom stereocenters. The van der Waals surface area contributed by atoms with E-state index in [2.05, 4.69) is 29.2 Å². The van der Waals surface area contributed by atoms with Crippen LogP contribution in [0.3, 0.4) is 0 Å². The molecule has 0 aromatic carbocycles. The molecule has 0 aliphatic heterocycles. The first-order chi connectivity index (χ1) is 8.65. The van der Waals surface area contributed by atoms with Gasteiger partial charge in [-0.3, -0.25) is 4.68 Å². The van der Waals surface area contributed by atoms with E-state index in [1.807, 2.05) is 13.2 Å². The molecule has 0 atom stereocenters. The largest absolute Gasteiger partial charge is 0.441 e. The summed E-state index contributed by atoms with van der Waals surface area (Å²) in [5.74, 6) is 1.58. The van der Waals surface area contributed by atoms with Crippen molar-refractivity contribution in [2.24, 2.45) is 7.05 Å². The van der Waals surface area contributed by atoms with Crippen LogP contribution in [0.25, 0.3) is 11.3 Å². The van der Waals surface area contributed by atoms with Gasteiger partial charge in [0.1, 0.15) is 0 Å². The Kier molecular flexibility index (Phi) is 4.15. The Morgan fingerprint density at radius 1 is 1.39 bits per heavy atom. The van der Waals surface area contributed by atoms with Crippen molar-refractivity contribution in [1.29, 1.82) is 0 Å². The number of hydrogen-bond donors (Lipinski definition) is 1. The quantitative estimate of drug-likeness (QED) is 0.794. The van der Waals surface area contributed by atoms with Gasteiger partial charge in [0.25, 0.3) is 0 Å². The van der Waals surface area contributed by atoms with Crippen molar-refractivity contribution in [2.75, 3.05) is 6.54 Å². The van der Waals surface area contributed by atoms with Crippen LogP contribution >= 0.6 is 0 Å². The molecule has 5 nitrogen and oxygen atoms in total. The summed E-state index contributed by atoms with van der Waals surface area (Å²) < 4.78 is 7.45. The molecule has 5 heteroatoms. The van der Waals surface area contributed by atoms with Crippen LogP contribution in [0, 0.1) is 0 Å². The summed E-state index contributed by atoms with van der Waals surface area (Å²) >= 11 is 0. The van der Waals surface area contributed by atoms with E-state index in [-0.39, 0.29) is 0 Å². The van der Waals surface area contributed by atoms with E-state index in [1.54, 1.807) is 17.1 Å². The second-order valence-electron chi connectivity index (χ2n) is 4.73. The van der Waals surface area contributed by atoms with Crippen molar-refractivity contribution in [3.8, 4) is 11.3 Å². The van der Waals surface area contributed by atoms with Gasteiger partial charge in [0.15, 0.2) is 11.7 Å². The monoisotopic (exact) mass is 248 g/mol. The average Bonchev–Trinajstić information content (AvgIpc) is 2.93. The molecule has 0 spiro atoms. The normalized spacial score (nSPS) is 11.3. The molecule has 0 fully saturated rings. The van der Waals surface area contributed by atoms with Crippen molar-refractivity contribution >= 4 is 0 Å². The second kappa shape index (κ2) is 5.82. The Balaban J connectivity index is 1.86. The SMILES string of the molecule is CC(C)NCCCc1ncc(-c2cnn(C)c2)o1. The van der Waals surface area contributed by atoms with Crippen LogP contribution in [0.1, 0.15) is 26.2 Å². The lowest BCUT2D eigenvalue weighted by Gasteiger charge is -2.05. The number of rotatable bonds is 6. The van der Waals surface area contributed by atoms with Crippen LogP contribution in [0.4, 0.5) is 0 Å². The molecule has 0 saturated carbocycles. The topological polar surface area (TPSA) is 55.9 Å². The van der Waals surface area contributed by atoms with E-state index in [4.69, 9.17) is 4.42 Å². The predicted molar refractivity (Wildman–Crippen MR) is 70.2 cm³/mol. The van der Waals surface area contributed by atoms with E-state index in [9.17, 15) is 0 Å². The van der Waals surface area contributed by atoms with Gasteiger partial charge in [-0.2, -0.15) is 5.10 Å². The Morgan fingerprint density at radius 2 is 2.22 bits per heavy atom. The first kappa shape index (κ1) is 12.8. The van der Waals surface area contributed by atoms with Crippen LogP contribution in [-0.2, 0) is 13.5 Å². The second-order valence-corrected chi connectivity index (χ2v) is 4.73. The zero-order chi connectivity index (χ0) is 13.0. The smallest absolute Gasteiger partial charge is 0.194 e. The maximum Gasteiger partial charge on any atom is 0.194 e. The van der Waals surface area contributed by atoms with Crippen molar-refractivity contribution in [2.45, 2.75) is 32.7 Å². The lowest BCUT2D eigenvalue weighted by atomic mass is 10.3. The maximum absolute atomic E-state index is 5.70. The fraction of sp³-hybridized carbons (Fsp3) is 0.538. The van der Waals surface area contributed by atoms with Crippen LogP contribution < -0.4 is 5.32 Å². The fourth-order valence-electron chi connectivity index (χ4n) is 1.74. The minimum Gasteiger partial charge on any atom is -0.441 e. The zero-order valence-electron chi connectivity index (χ0n) is 11.2. The van der Waals surface area contributed by atoms with Gasteiger partial charge >= 0.3 is 0 Å². The van der Waals surface area contributed by atoms with E-state index in [0.717, 1.165) is 36.6 Å². The summed E-state index contributed by atoms with van der Waals surface area (Å²) in [6, 6.07) is 0.528. The van der Waals surface area contributed by atoms with Gasteiger partial charge in [-0.05, 0) is 13.0 Å². The molecule has 2 rings (SSSR count). The Morgan fingerprint density at radius 3 is 2.89 bits per heavy atom. The zero-order valence-corrected chi connectivity index (χ0v) is 11.2. The molecule has 0 aliphatic rings. The molecule has 2 aromatic heterocycles. The molecule has 1 N–H and O–H groups in total. The number of aromatic nitrogens is 3. The van der Waals surface area contributed by atoms with Crippen LogP contribution in [-0.4, -0.2) is 27.4 Å². The molecule has 2 heterocycles. The lowest BCUT2D eigenvalue weighted by molar-refractivity contribution is 0.484. The molecule has 18 heavy (non-hydrogen) atoms. The third-order valence-electron chi connectivity index (χ3n) is 2.66. The summed E-state index contributed by atoms with van der Waals surface area (Å²) in [5, 5.41) is 7.49. The van der Waals surface area contributed by atoms with Gasteiger partial charge in [-0.1, -0.05) is 13.8 Å². The first-order valence-electron chi connectivity index (χ1n) is 6.32. The number of hydrogen-bond acceptors (Lipinski definition) is 4. The Labute approximate surface area is 107 Å². The van der Waals surface area contributed by atoms with Crippen molar-refractivity contribution in [3.05, 3.63) is 24.5 Å². The standard InChI is InChI=1S/C13H20N4O/c1-10(2)14-6-4-5-13-15-8-12(18-13)11-7-16-17(3)9-11/h7-10,14H,4-6H2,1-3H3. The van der Waals surface area contributed by atoms with E-state index >= 15 is 0 Å². The average molecular weight is 248 g/mol. The maximum atomic E-state index is 5.70. The number of oxazole rings is 1. The summed E-state index contributed by atoms with van der Waals surface area (Å²) in [6.07, 6.45) is 7.36. The van der Waals surface area contributed by atoms with Crippen molar-refractivity contribution in [3.63, 3.8) is 0 Å². The fourth-order valence-corrected chi connectivity index (χ4v) is 1.74. The summed E-state index contributed by atoms with van der Waals surface area (Å²) in [6.45, 7) is 5.28. The molecule has 0 bridgehead atoms. The van der Waals surface area contributed by atoms with Gasteiger partial charge < -0.3 is 9.73 Å². The van der Waals surface area contributed by atoms with Gasteiger partial charge in [0.05, 0.1) is 18.0 Å². The molecule has 98 valence electrons. The highest BCUT2D eigenvalue weighted by atomic mass is 16.4. The summed E-state index contributed by atoms with van der Waals surface area (Å²) in [4.78, 5) is 4.29. The summed E-state index contributed by atoms with van der Waals surface area (Å²) in [5.41, 5.74) is 0.969. The minimum atomic E-state index is 0.528. The minimum absolute atomic E-state index is 0.528. The van der Waals surface area contributed by atoms with Crippen LogP contribution in [0.5, 0.6) is 0 Å². The molecule has 0 amide bonds. The number of nitrogens with zero attached hydrogens (tertiary/aromatic N) is 3. The molecule has 0 radical (unpaired) electrons. The van der Waals surface area contributed by atoms with Gasteiger partial charge in [-0.15, -0.1) is 0 Å². The van der Waals surface area contributed by atoms with E-state index in [0.29, 0.717) is 6.04 Å². The van der Waals surface area contributed by atoms with Crippen LogP contribution in [0.15, 0.2) is 23.0 Å². The molecule has 2 aromatic rings. The van der Waals surface area contributed by atoms with Crippen molar-refractivity contribution in [1.82, 2.24) is 20.1 Å². The lowest BCUT2D eigenvalue weighted by Crippen LogP contribution is -2.23. The summed E-state index contributed by atoms with van der Waals surface area (Å²) in [7, 11) is 1.89. The Bertz CT molecular complexity index is 487. The molecular formula is C13H20N4O. The highest BCUT2D eigenvalue weighted by molar-refractivity contribution is 5.53. The Hall–Kier alpha value is -1.62. The van der Waals surface area contributed by atoms with Gasteiger partial charge in [0.2, 0.25) is 0 Å². The predicted octanol–water partition coefficient (Wildman–Crippen LogP) is 2.01.